The van der Waals surface area contributed by atoms with Crippen LogP contribution in [0.1, 0.15) is 15.9 Å². The molecular formula is C26H29N3O4S. The van der Waals surface area contributed by atoms with E-state index in [1.807, 2.05) is 60.7 Å². The Balaban J connectivity index is 1.21. The SMILES string of the molecule is O=C(NCCOc1ccccc1)c1ccc(CN2CCN(S(=O)(=O)c3ccccc3)CC2)cc1. The maximum atomic E-state index is 12.8. The minimum absolute atomic E-state index is 0.136. The highest BCUT2D eigenvalue weighted by Gasteiger charge is 2.28. The molecule has 1 N–H and O–H groups in total. The summed E-state index contributed by atoms with van der Waals surface area (Å²) in [6, 6.07) is 25.6. The van der Waals surface area contributed by atoms with E-state index in [0.29, 0.717) is 56.3 Å². The Bertz CT molecular complexity index is 1160. The van der Waals surface area contributed by atoms with E-state index in [9.17, 15) is 13.2 Å². The first-order valence-electron chi connectivity index (χ1n) is 11.3. The predicted molar refractivity (Wildman–Crippen MR) is 131 cm³/mol. The Labute approximate surface area is 201 Å². The van der Waals surface area contributed by atoms with E-state index in [4.69, 9.17) is 4.74 Å². The molecule has 8 heteroatoms. The summed E-state index contributed by atoms with van der Waals surface area (Å²) in [6.45, 7) is 3.79. The minimum atomic E-state index is -3.45. The zero-order valence-corrected chi connectivity index (χ0v) is 19.8. The monoisotopic (exact) mass is 479 g/mol. The lowest BCUT2D eigenvalue weighted by molar-refractivity contribution is 0.0947. The second-order valence-corrected chi connectivity index (χ2v) is 10.0. The number of benzene rings is 3. The van der Waals surface area contributed by atoms with Crippen LogP contribution in [0.2, 0.25) is 0 Å². The second-order valence-electron chi connectivity index (χ2n) is 8.11. The van der Waals surface area contributed by atoms with E-state index in [2.05, 4.69) is 10.2 Å². The van der Waals surface area contributed by atoms with Crippen LogP contribution in [0.3, 0.4) is 0 Å². The molecule has 0 aliphatic carbocycles. The van der Waals surface area contributed by atoms with Gasteiger partial charge in [0, 0.05) is 38.3 Å². The van der Waals surface area contributed by atoms with E-state index in [1.54, 1.807) is 28.6 Å². The second kappa shape index (κ2) is 11.3. The molecule has 4 rings (SSSR count). The van der Waals surface area contributed by atoms with Gasteiger partial charge >= 0.3 is 0 Å². The third-order valence-electron chi connectivity index (χ3n) is 5.73. The molecule has 0 saturated carbocycles. The number of hydrogen-bond acceptors (Lipinski definition) is 5. The van der Waals surface area contributed by atoms with Gasteiger partial charge in [0.2, 0.25) is 10.0 Å². The summed E-state index contributed by atoms with van der Waals surface area (Å²) in [5, 5.41) is 2.87. The number of amides is 1. The van der Waals surface area contributed by atoms with Crippen molar-refractivity contribution < 1.29 is 17.9 Å². The average molecular weight is 480 g/mol. The van der Waals surface area contributed by atoms with Gasteiger partial charge in [0.25, 0.3) is 5.91 Å². The average Bonchev–Trinajstić information content (AvgIpc) is 2.88. The quantitative estimate of drug-likeness (QED) is 0.478. The van der Waals surface area contributed by atoms with E-state index < -0.39 is 10.0 Å². The van der Waals surface area contributed by atoms with Gasteiger partial charge in [-0.2, -0.15) is 4.31 Å². The lowest BCUT2D eigenvalue weighted by Crippen LogP contribution is -2.48. The summed E-state index contributed by atoms with van der Waals surface area (Å²) >= 11 is 0. The molecule has 3 aromatic rings. The number of para-hydroxylation sites is 1. The Morgan fingerprint density at radius 1 is 0.824 bits per heavy atom. The van der Waals surface area contributed by atoms with Crippen molar-refractivity contribution in [2.75, 3.05) is 39.3 Å². The molecule has 0 aromatic heterocycles. The number of nitrogens with zero attached hydrogens (tertiary/aromatic N) is 2. The fourth-order valence-corrected chi connectivity index (χ4v) is 5.28. The number of piperazine rings is 1. The number of sulfonamides is 1. The van der Waals surface area contributed by atoms with E-state index in [-0.39, 0.29) is 5.91 Å². The van der Waals surface area contributed by atoms with Gasteiger partial charge in [-0.3, -0.25) is 9.69 Å². The van der Waals surface area contributed by atoms with Gasteiger partial charge in [-0.05, 0) is 42.0 Å². The third-order valence-corrected chi connectivity index (χ3v) is 7.65. The maximum absolute atomic E-state index is 12.8. The van der Waals surface area contributed by atoms with Crippen molar-refractivity contribution in [2.45, 2.75) is 11.4 Å². The predicted octanol–water partition coefficient (Wildman–Crippen LogP) is 3.00. The molecule has 0 radical (unpaired) electrons. The first-order chi connectivity index (χ1) is 16.5. The van der Waals surface area contributed by atoms with Crippen LogP contribution in [0.5, 0.6) is 5.75 Å². The third kappa shape index (κ3) is 6.22. The van der Waals surface area contributed by atoms with Gasteiger partial charge in [0.15, 0.2) is 0 Å². The van der Waals surface area contributed by atoms with Crippen molar-refractivity contribution in [2.24, 2.45) is 0 Å². The van der Waals surface area contributed by atoms with Crippen molar-refractivity contribution in [3.05, 3.63) is 96.1 Å². The van der Waals surface area contributed by atoms with Crippen LogP contribution >= 0.6 is 0 Å². The molecule has 1 fully saturated rings. The van der Waals surface area contributed by atoms with Crippen LogP contribution in [0.4, 0.5) is 0 Å². The van der Waals surface area contributed by atoms with E-state index in [0.717, 1.165) is 11.3 Å². The van der Waals surface area contributed by atoms with Crippen LogP contribution < -0.4 is 10.1 Å². The van der Waals surface area contributed by atoms with E-state index in [1.165, 1.54) is 0 Å². The Kier molecular flexibility index (Phi) is 7.95. The highest BCUT2D eigenvalue weighted by molar-refractivity contribution is 7.89. The summed E-state index contributed by atoms with van der Waals surface area (Å²) in [4.78, 5) is 14.9. The highest BCUT2D eigenvalue weighted by atomic mass is 32.2. The first-order valence-corrected chi connectivity index (χ1v) is 12.8. The molecule has 1 heterocycles. The van der Waals surface area contributed by atoms with Crippen molar-refractivity contribution >= 4 is 15.9 Å². The summed E-state index contributed by atoms with van der Waals surface area (Å²) in [5.74, 6) is 0.641. The van der Waals surface area contributed by atoms with Crippen LogP contribution in [0.15, 0.2) is 89.8 Å². The van der Waals surface area contributed by atoms with Gasteiger partial charge < -0.3 is 10.1 Å². The molecule has 178 valence electrons. The van der Waals surface area contributed by atoms with Crippen molar-refractivity contribution in [3.8, 4) is 5.75 Å². The van der Waals surface area contributed by atoms with Crippen molar-refractivity contribution in [1.29, 1.82) is 0 Å². The van der Waals surface area contributed by atoms with Gasteiger partial charge in [-0.1, -0.05) is 48.5 Å². The molecule has 0 unspecified atom stereocenters. The lowest BCUT2D eigenvalue weighted by atomic mass is 10.1. The first kappa shape index (κ1) is 23.9. The lowest BCUT2D eigenvalue weighted by Gasteiger charge is -2.34. The number of hydrogen-bond donors (Lipinski definition) is 1. The van der Waals surface area contributed by atoms with Crippen molar-refractivity contribution in [3.63, 3.8) is 0 Å². The molecule has 0 bridgehead atoms. The van der Waals surface area contributed by atoms with Gasteiger partial charge in [0.05, 0.1) is 11.4 Å². The summed E-state index contributed by atoms with van der Waals surface area (Å²) in [6.07, 6.45) is 0. The molecule has 7 nitrogen and oxygen atoms in total. The van der Waals surface area contributed by atoms with Gasteiger partial charge in [-0.15, -0.1) is 0 Å². The fraction of sp³-hybridized carbons (Fsp3) is 0.269. The molecule has 0 atom stereocenters. The molecule has 3 aromatic carbocycles. The number of carbonyl (C=O) groups excluding carboxylic acids is 1. The maximum Gasteiger partial charge on any atom is 0.251 e. The molecule has 1 aliphatic rings. The Hall–Kier alpha value is -3.20. The largest absolute Gasteiger partial charge is 0.492 e. The molecule has 1 saturated heterocycles. The summed E-state index contributed by atoms with van der Waals surface area (Å²) in [7, 11) is -3.45. The van der Waals surface area contributed by atoms with Crippen LogP contribution in [0, 0.1) is 0 Å². The molecular weight excluding hydrogens is 450 g/mol. The molecule has 34 heavy (non-hydrogen) atoms. The fourth-order valence-electron chi connectivity index (χ4n) is 3.84. The van der Waals surface area contributed by atoms with Crippen LogP contribution in [-0.4, -0.2) is 62.9 Å². The number of carbonyl (C=O) groups is 1. The number of nitrogens with one attached hydrogen (secondary N) is 1. The molecule has 1 amide bonds. The normalized spacial score (nSPS) is 15.1. The summed E-state index contributed by atoms with van der Waals surface area (Å²) < 4.78 is 32.7. The topological polar surface area (TPSA) is 79.0 Å². The molecule has 1 aliphatic heterocycles. The number of ether oxygens (including phenoxy) is 1. The zero-order chi connectivity index (χ0) is 23.8. The Morgan fingerprint density at radius 2 is 1.44 bits per heavy atom. The minimum Gasteiger partial charge on any atom is -0.492 e. The summed E-state index contributed by atoms with van der Waals surface area (Å²) in [5.41, 5.74) is 1.69. The van der Waals surface area contributed by atoms with Crippen LogP contribution in [-0.2, 0) is 16.6 Å². The standard InChI is InChI=1S/C26H29N3O4S/c30-26(27-15-20-33-24-7-3-1-4-8-24)23-13-11-22(12-14-23)21-28-16-18-29(19-17-28)34(31,32)25-9-5-2-6-10-25/h1-14H,15-21H2,(H,27,30). The Morgan fingerprint density at radius 3 is 2.09 bits per heavy atom. The molecule has 0 spiro atoms. The smallest absolute Gasteiger partial charge is 0.251 e. The number of rotatable bonds is 9. The van der Waals surface area contributed by atoms with Gasteiger partial charge in [-0.25, -0.2) is 8.42 Å². The van der Waals surface area contributed by atoms with Crippen molar-refractivity contribution in [1.82, 2.24) is 14.5 Å². The van der Waals surface area contributed by atoms with Gasteiger partial charge in [0.1, 0.15) is 12.4 Å². The highest BCUT2D eigenvalue weighted by Crippen LogP contribution is 2.18. The van der Waals surface area contributed by atoms with Crippen LogP contribution in [0.25, 0.3) is 0 Å². The van der Waals surface area contributed by atoms with E-state index >= 15 is 0 Å². The zero-order valence-electron chi connectivity index (χ0n) is 19.0.